The Balaban J connectivity index is 1.35. The van der Waals surface area contributed by atoms with Crippen molar-refractivity contribution in [3.8, 4) is 5.75 Å². The molecule has 0 atom stereocenters. The molecule has 2 amide bonds. The van der Waals surface area contributed by atoms with E-state index in [1.807, 2.05) is 24.3 Å². The lowest BCUT2D eigenvalue weighted by molar-refractivity contribution is -0.117. The highest BCUT2D eigenvalue weighted by atomic mass is 16.5. The van der Waals surface area contributed by atoms with Gasteiger partial charge in [0.05, 0.1) is 6.61 Å². The van der Waals surface area contributed by atoms with Gasteiger partial charge in [-0.1, -0.05) is 6.07 Å². The average molecular weight is 350 g/mol. The first-order chi connectivity index (χ1) is 12.7. The minimum Gasteiger partial charge on any atom is -0.493 e. The molecule has 2 aromatic rings. The van der Waals surface area contributed by atoms with E-state index in [9.17, 15) is 9.59 Å². The molecule has 26 heavy (non-hydrogen) atoms. The Kier molecular flexibility index (Phi) is 4.61. The molecule has 2 fully saturated rings. The highest BCUT2D eigenvalue weighted by molar-refractivity contribution is 6.04. The number of amides is 2. The van der Waals surface area contributed by atoms with Crippen LogP contribution in [0.15, 0.2) is 48.5 Å². The van der Waals surface area contributed by atoms with Crippen LogP contribution in [0.1, 0.15) is 36.0 Å². The number of nitrogens with one attached hydrogen (secondary N) is 2. The fourth-order valence-corrected chi connectivity index (χ4v) is 2.67. The van der Waals surface area contributed by atoms with Crippen molar-refractivity contribution in [1.82, 2.24) is 0 Å². The SMILES string of the molecule is O=C(Nc1cccc(NC(=O)C2CC2)c1)c1ccc(OCC2CC2)cc1. The van der Waals surface area contributed by atoms with Crippen LogP contribution in [0.5, 0.6) is 5.75 Å². The Morgan fingerprint density at radius 2 is 1.62 bits per heavy atom. The second kappa shape index (κ2) is 7.20. The zero-order chi connectivity index (χ0) is 17.9. The number of rotatable bonds is 7. The van der Waals surface area contributed by atoms with Crippen LogP contribution in [0.3, 0.4) is 0 Å². The predicted octanol–water partition coefficient (Wildman–Crippen LogP) is 4.08. The van der Waals surface area contributed by atoms with Gasteiger partial charge in [-0.25, -0.2) is 0 Å². The number of hydrogen-bond acceptors (Lipinski definition) is 3. The first-order valence-electron chi connectivity index (χ1n) is 9.12. The quantitative estimate of drug-likeness (QED) is 0.791. The second-order valence-corrected chi connectivity index (χ2v) is 7.08. The van der Waals surface area contributed by atoms with Crippen molar-refractivity contribution in [2.75, 3.05) is 17.2 Å². The van der Waals surface area contributed by atoms with Gasteiger partial charge in [0, 0.05) is 22.9 Å². The molecule has 2 N–H and O–H groups in total. The minimum atomic E-state index is -0.190. The molecule has 2 saturated carbocycles. The summed E-state index contributed by atoms with van der Waals surface area (Å²) in [6.07, 6.45) is 4.42. The van der Waals surface area contributed by atoms with Gasteiger partial charge in [-0.2, -0.15) is 0 Å². The number of hydrogen-bond donors (Lipinski definition) is 2. The zero-order valence-electron chi connectivity index (χ0n) is 14.5. The molecular weight excluding hydrogens is 328 g/mol. The monoisotopic (exact) mass is 350 g/mol. The van der Waals surface area contributed by atoms with E-state index in [0.29, 0.717) is 22.9 Å². The van der Waals surface area contributed by atoms with Crippen molar-refractivity contribution in [3.05, 3.63) is 54.1 Å². The lowest BCUT2D eigenvalue weighted by atomic mass is 10.2. The van der Waals surface area contributed by atoms with Gasteiger partial charge in [0.2, 0.25) is 5.91 Å². The lowest BCUT2D eigenvalue weighted by Crippen LogP contribution is -2.14. The molecule has 0 aromatic heterocycles. The molecule has 134 valence electrons. The van der Waals surface area contributed by atoms with Crippen molar-refractivity contribution >= 4 is 23.2 Å². The minimum absolute atomic E-state index is 0.0512. The highest BCUT2D eigenvalue weighted by Crippen LogP contribution is 2.31. The molecular formula is C21H22N2O3. The van der Waals surface area contributed by atoms with Crippen molar-refractivity contribution in [2.24, 2.45) is 11.8 Å². The fraction of sp³-hybridized carbons (Fsp3) is 0.333. The first kappa shape index (κ1) is 16.6. The summed E-state index contributed by atoms with van der Waals surface area (Å²) in [5, 5.41) is 5.75. The van der Waals surface area contributed by atoms with E-state index in [2.05, 4.69) is 10.6 Å². The Morgan fingerprint density at radius 1 is 0.923 bits per heavy atom. The van der Waals surface area contributed by atoms with Gasteiger partial charge in [-0.05, 0) is 74.1 Å². The van der Waals surface area contributed by atoms with Gasteiger partial charge in [0.15, 0.2) is 0 Å². The van der Waals surface area contributed by atoms with Gasteiger partial charge in [-0.3, -0.25) is 9.59 Å². The van der Waals surface area contributed by atoms with Crippen molar-refractivity contribution in [1.29, 1.82) is 0 Å². The molecule has 2 aromatic carbocycles. The molecule has 0 aliphatic heterocycles. The maximum atomic E-state index is 12.4. The van der Waals surface area contributed by atoms with Crippen LogP contribution in [0.4, 0.5) is 11.4 Å². The topological polar surface area (TPSA) is 67.4 Å². The Morgan fingerprint density at radius 3 is 2.27 bits per heavy atom. The van der Waals surface area contributed by atoms with Gasteiger partial charge >= 0.3 is 0 Å². The third-order valence-corrected chi connectivity index (χ3v) is 4.64. The van der Waals surface area contributed by atoms with E-state index < -0.39 is 0 Å². The van der Waals surface area contributed by atoms with E-state index in [4.69, 9.17) is 4.74 Å². The fourth-order valence-electron chi connectivity index (χ4n) is 2.67. The Hall–Kier alpha value is -2.82. The van der Waals surface area contributed by atoms with Crippen LogP contribution < -0.4 is 15.4 Å². The number of carbonyl (C=O) groups is 2. The number of ether oxygens (including phenoxy) is 1. The van der Waals surface area contributed by atoms with Gasteiger partial charge < -0.3 is 15.4 Å². The summed E-state index contributed by atoms with van der Waals surface area (Å²) in [7, 11) is 0. The number of anilines is 2. The van der Waals surface area contributed by atoms with Crippen molar-refractivity contribution in [3.63, 3.8) is 0 Å². The molecule has 4 rings (SSSR count). The van der Waals surface area contributed by atoms with Gasteiger partial charge in [-0.15, -0.1) is 0 Å². The van der Waals surface area contributed by atoms with Gasteiger partial charge in [0.25, 0.3) is 5.91 Å². The molecule has 2 aliphatic rings. The van der Waals surface area contributed by atoms with Crippen LogP contribution in [-0.2, 0) is 4.79 Å². The second-order valence-electron chi connectivity index (χ2n) is 7.08. The normalized spacial score (nSPS) is 16.0. The molecule has 0 saturated heterocycles. The van der Waals surface area contributed by atoms with Crippen LogP contribution in [0, 0.1) is 11.8 Å². The molecule has 0 bridgehead atoms. The first-order valence-corrected chi connectivity index (χ1v) is 9.12. The van der Waals surface area contributed by atoms with Crippen LogP contribution in [0.25, 0.3) is 0 Å². The largest absolute Gasteiger partial charge is 0.493 e. The lowest BCUT2D eigenvalue weighted by Gasteiger charge is -2.09. The smallest absolute Gasteiger partial charge is 0.255 e. The van der Waals surface area contributed by atoms with Crippen molar-refractivity contribution in [2.45, 2.75) is 25.7 Å². The predicted molar refractivity (Wildman–Crippen MR) is 100 cm³/mol. The highest BCUT2D eigenvalue weighted by Gasteiger charge is 2.29. The zero-order valence-corrected chi connectivity index (χ0v) is 14.5. The molecule has 5 nitrogen and oxygen atoms in total. The summed E-state index contributed by atoms with van der Waals surface area (Å²) in [6, 6.07) is 14.4. The molecule has 0 spiro atoms. The van der Waals surface area contributed by atoms with Crippen LogP contribution >= 0.6 is 0 Å². The summed E-state index contributed by atoms with van der Waals surface area (Å²) >= 11 is 0. The maximum absolute atomic E-state index is 12.4. The van der Waals surface area contributed by atoms with E-state index >= 15 is 0 Å². The van der Waals surface area contributed by atoms with Crippen LogP contribution in [-0.4, -0.2) is 18.4 Å². The number of benzene rings is 2. The van der Waals surface area contributed by atoms with Crippen LogP contribution in [0.2, 0.25) is 0 Å². The maximum Gasteiger partial charge on any atom is 0.255 e. The molecule has 5 heteroatoms. The van der Waals surface area contributed by atoms with Crippen molar-refractivity contribution < 1.29 is 14.3 Å². The van der Waals surface area contributed by atoms with E-state index in [1.165, 1.54) is 12.8 Å². The average Bonchev–Trinajstić information content (AvgIpc) is 3.54. The summed E-state index contributed by atoms with van der Waals surface area (Å²) in [6.45, 7) is 0.755. The van der Waals surface area contributed by atoms with E-state index in [1.54, 1.807) is 24.3 Å². The summed E-state index contributed by atoms with van der Waals surface area (Å²) in [5.74, 6) is 1.50. The van der Waals surface area contributed by atoms with E-state index in [0.717, 1.165) is 25.2 Å². The van der Waals surface area contributed by atoms with E-state index in [-0.39, 0.29) is 17.7 Å². The summed E-state index contributed by atoms with van der Waals surface area (Å²) in [5.41, 5.74) is 1.91. The third kappa shape index (κ3) is 4.42. The summed E-state index contributed by atoms with van der Waals surface area (Å²) < 4.78 is 5.69. The third-order valence-electron chi connectivity index (χ3n) is 4.64. The standard InChI is InChI=1S/C21H22N2O3/c24-20(15-6-7-15)22-17-2-1-3-18(12-17)23-21(25)16-8-10-19(11-9-16)26-13-14-4-5-14/h1-3,8-12,14-15H,4-7,13H2,(H,22,24)(H,23,25). The Labute approximate surface area is 152 Å². The Bertz CT molecular complexity index is 808. The molecule has 0 radical (unpaired) electrons. The number of carbonyl (C=O) groups excluding carboxylic acids is 2. The van der Waals surface area contributed by atoms with Gasteiger partial charge in [0.1, 0.15) is 5.75 Å². The molecule has 2 aliphatic carbocycles. The molecule has 0 heterocycles. The molecule has 0 unspecified atom stereocenters. The summed E-state index contributed by atoms with van der Waals surface area (Å²) in [4.78, 5) is 24.3.